The van der Waals surface area contributed by atoms with Gasteiger partial charge in [0.15, 0.2) is 0 Å². The van der Waals surface area contributed by atoms with Gasteiger partial charge < -0.3 is 14.6 Å². The van der Waals surface area contributed by atoms with Gasteiger partial charge in [0.05, 0.1) is 12.2 Å². The molecular weight excluding hydrogens is 160 g/mol. The maximum atomic E-state index is 10.4. The van der Waals surface area contributed by atoms with Crippen LogP contribution in [0.5, 0.6) is 0 Å². The topological polar surface area (TPSA) is 55.8 Å². The maximum Gasteiger partial charge on any atom is 0.302 e. The van der Waals surface area contributed by atoms with E-state index < -0.39 is 0 Å². The third-order valence-corrected chi connectivity index (χ3v) is 1.81. The van der Waals surface area contributed by atoms with E-state index in [9.17, 15) is 9.90 Å². The summed E-state index contributed by atoms with van der Waals surface area (Å²) in [6.45, 7) is 2.17. The lowest BCUT2D eigenvalue weighted by molar-refractivity contribution is -0.148. The third-order valence-electron chi connectivity index (χ3n) is 1.81. The van der Waals surface area contributed by atoms with Gasteiger partial charge in [-0.3, -0.25) is 4.79 Å². The Balaban J connectivity index is 2.18. The first-order chi connectivity index (χ1) is 5.68. The molecule has 1 saturated heterocycles. The van der Waals surface area contributed by atoms with E-state index in [1.807, 2.05) is 0 Å². The van der Waals surface area contributed by atoms with E-state index in [0.29, 0.717) is 19.4 Å². The Labute approximate surface area is 71.5 Å². The average molecular weight is 174 g/mol. The third kappa shape index (κ3) is 3.19. The fourth-order valence-electron chi connectivity index (χ4n) is 1.19. The summed E-state index contributed by atoms with van der Waals surface area (Å²) < 4.78 is 10.0. The van der Waals surface area contributed by atoms with Crippen LogP contribution in [0.4, 0.5) is 0 Å². The molecule has 1 aliphatic heterocycles. The molecular formula is C8H14O4. The van der Waals surface area contributed by atoms with Crippen LogP contribution in [0.1, 0.15) is 19.8 Å². The number of hydrogen-bond donors (Lipinski definition) is 1. The van der Waals surface area contributed by atoms with Gasteiger partial charge >= 0.3 is 5.97 Å². The van der Waals surface area contributed by atoms with Gasteiger partial charge in [-0.2, -0.15) is 0 Å². The quantitative estimate of drug-likeness (QED) is 0.603. The first-order valence-corrected chi connectivity index (χ1v) is 4.11. The first kappa shape index (κ1) is 9.48. The van der Waals surface area contributed by atoms with Crippen molar-refractivity contribution in [1.82, 2.24) is 0 Å². The number of ether oxygens (including phenoxy) is 2. The zero-order valence-electron chi connectivity index (χ0n) is 7.16. The van der Waals surface area contributed by atoms with Gasteiger partial charge in [-0.15, -0.1) is 0 Å². The lowest BCUT2D eigenvalue weighted by Gasteiger charge is -2.25. The molecule has 12 heavy (non-hydrogen) atoms. The highest BCUT2D eigenvalue weighted by molar-refractivity contribution is 5.65. The molecule has 0 spiro atoms. The molecule has 0 aromatic carbocycles. The average Bonchev–Trinajstić information content (AvgIpc) is 2.01. The van der Waals surface area contributed by atoms with E-state index in [1.54, 1.807) is 0 Å². The molecule has 0 bridgehead atoms. The number of aliphatic hydroxyl groups is 1. The van der Waals surface area contributed by atoms with E-state index in [-0.39, 0.29) is 24.8 Å². The Bertz CT molecular complexity index is 157. The van der Waals surface area contributed by atoms with Crippen LogP contribution >= 0.6 is 0 Å². The van der Waals surface area contributed by atoms with Crippen molar-refractivity contribution >= 4 is 5.97 Å². The minimum Gasteiger partial charge on any atom is -0.463 e. The molecule has 4 nitrogen and oxygen atoms in total. The van der Waals surface area contributed by atoms with Crippen LogP contribution in [0.15, 0.2) is 0 Å². The van der Waals surface area contributed by atoms with E-state index in [2.05, 4.69) is 0 Å². The molecule has 1 rings (SSSR count). The number of hydrogen-bond acceptors (Lipinski definition) is 4. The molecule has 1 aliphatic rings. The molecule has 1 unspecified atom stereocenters. The van der Waals surface area contributed by atoms with E-state index >= 15 is 0 Å². The van der Waals surface area contributed by atoms with Gasteiger partial charge in [0.2, 0.25) is 0 Å². The second kappa shape index (κ2) is 4.42. The second-order valence-electron chi connectivity index (χ2n) is 2.97. The SMILES string of the molecule is CC(=O)OC[C@@H]1CC(O)CCO1. The molecule has 0 saturated carbocycles. The predicted octanol–water partition coefficient (Wildman–Crippen LogP) is 0.0894. The van der Waals surface area contributed by atoms with Crippen LogP contribution in [0.2, 0.25) is 0 Å². The fraction of sp³-hybridized carbons (Fsp3) is 0.875. The van der Waals surface area contributed by atoms with Crippen molar-refractivity contribution < 1.29 is 19.4 Å². The molecule has 0 aliphatic carbocycles. The molecule has 1 N–H and O–H groups in total. The lowest BCUT2D eigenvalue weighted by atomic mass is 10.1. The highest BCUT2D eigenvalue weighted by Gasteiger charge is 2.21. The number of carbonyl (C=O) groups is 1. The molecule has 1 fully saturated rings. The molecule has 1 heterocycles. The summed E-state index contributed by atoms with van der Waals surface area (Å²) in [6.07, 6.45) is 0.807. The van der Waals surface area contributed by atoms with Gasteiger partial charge in [-0.25, -0.2) is 0 Å². The van der Waals surface area contributed by atoms with Gasteiger partial charge in [-0.05, 0) is 6.42 Å². The lowest BCUT2D eigenvalue weighted by Crippen LogP contribution is -2.32. The number of aliphatic hydroxyl groups excluding tert-OH is 1. The number of carbonyl (C=O) groups excluding carboxylic acids is 1. The van der Waals surface area contributed by atoms with E-state index in [0.717, 1.165) is 0 Å². The van der Waals surface area contributed by atoms with Crippen molar-refractivity contribution in [1.29, 1.82) is 0 Å². The Hall–Kier alpha value is -0.610. The molecule has 0 radical (unpaired) electrons. The van der Waals surface area contributed by atoms with Crippen LogP contribution in [0, 0.1) is 0 Å². The van der Waals surface area contributed by atoms with Gasteiger partial charge in [0.1, 0.15) is 6.61 Å². The van der Waals surface area contributed by atoms with Crippen molar-refractivity contribution in [3.8, 4) is 0 Å². The Kier molecular flexibility index (Phi) is 3.49. The number of rotatable bonds is 2. The molecule has 0 aromatic rings. The molecule has 0 aromatic heterocycles. The first-order valence-electron chi connectivity index (χ1n) is 4.11. The van der Waals surface area contributed by atoms with Crippen molar-refractivity contribution in [3.63, 3.8) is 0 Å². The van der Waals surface area contributed by atoms with Crippen molar-refractivity contribution in [2.45, 2.75) is 32.0 Å². The van der Waals surface area contributed by atoms with Crippen LogP contribution in [0.3, 0.4) is 0 Å². The highest BCUT2D eigenvalue weighted by Crippen LogP contribution is 2.13. The van der Waals surface area contributed by atoms with Crippen molar-refractivity contribution in [2.75, 3.05) is 13.2 Å². The predicted molar refractivity (Wildman–Crippen MR) is 41.6 cm³/mol. The second-order valence-corrected chi connectivity index (χ2v) is 2.97. The Morgan fingerprint density at radius 3 is 3.08 bits per heavy atom. The van der Waals surface area contributed by atoms with Crippen molar-refractivity contribution in [2.24, 2.45) is 0 Å². The van der Waals surface area contributed by atoms with Gasteiger partial charge in [0, 0.05) is 20.0 Å². The summed E-state index contributed by atoms with van der Waals surface area (Å²) >= 11 is 0. The molecule has 2 atom stereocenters. The van der Waals surface area contributed by atoms with Gasteiger partial charge in [0.25, 0.3) is 0 Å². The van der Waals surface area contributed by atoms with Crippen molar-refractivity contribution in [3.05, 3.63) is 0 Å². The Morgan fingerprint density at radius 1 is 1.75 bits per heavy atom. The Morgan fingerprint density at radius 2 is 2.50 bits per heavy atom. The van der Waals surface area contributed by atoms with Crippen LogP contribution in [-0.2, 0) is 14.3 Å². The summed E-state index contributed by atoms with van der Waals surface area (Å²) in [6, 6.07) is 0. The monoisotopic (exact) mass is 174 g/mol. The zero-order chi connectivity index (χ0) is 8.97. The summed E-state index contributed by atoms with van der Waals surface area (Å²) in [4.78, 5) is 10.4. The smallest absolute Gasteiger partial charge is 0.302 e. The zero-order valence-corrected chi connectivity index (χ0v) is 7.16. The molecule has 4 heteroatoms. The summed E-state index contributed by atoms with van der Waals surface area (Å²) in [5, 5.41) is 9.22. The van der Waals surface area contributed by atoms with E-state index in [1.165, 1.54) is 6.92 Å². The van der Waals surface area contributed by atoms with Crippen LogP contribution < -0.4 is 0 Å². The van der Waals surface area contributed by atoms with E-state index in [4.69, 9.17) is 9.47 Å². The van der Waals surface area contributed by atoms with Crippen LogP contribution in [0.25, 0.3) is 0 Å². The maximum absolute atomic E-state index is 10.4. The summed E-state index contributed by atoms with van der Waals surface area (Å²) in [5.41, 5.74) is 0. The summed E-state index contributed by atoms with van der Waals surface area (Å²) in [5.74, 6) is -0.307. The molecule has 70 valence electrons. The van der Waals surface area contributed by atoms with Gasteiger partial charge in [-0.1, -0.05) is 0 Å². The minimum atomic E-state index is -0.307. The van der Waals surface area contributed by atoms with Crippen LogP contribution in [-0.4, -0.2) is 36.5 Å². The standard InChI is InChI=1S/C8H14O4/c1-6(9)12-5-8-4-7(10)2-3-11-8/h7-8,10H,2-5H2,1H3/t7?,8-/m0/s1. The highest BCUT2D eigenvalue weighted by atomic mass is 16.6. The normalized spacial score (nSPS) is 29.8. The summed E-state index contributed by atoms with van der Waals surface area (Å²) in [7, 11) is 0. The fourth-order valence-corrected chi connectivity index (χ4v) is 1.19. The largest absolute Gasteiger partial charge is 0.463 e. The molecule has 0 amide bonds. The minimum absolute atomic E-state index is 0.127. The number of esters is 1.